The summed E-state index contributed by atoms with van der Waals surface area (Å²) in [6.45, 7) is 4.61. The monoisotopic (exact) mass is 602 g/mol. The van der Waals surface area contributed by atoms with E-state index in [-0.39, 0.29) is 12.4 Å². The molecule has 0 aliphatic heterocycles. The van der Waals surface area contributed by atoms with Gasteiger partial charge in [-0.2, -0.15) is 0 Å². The Labute approximate surface area is 263 Å². The molecule has 0 rings (SSSR count). The number of unbranched alkanes of at least 4 members (excludes halogenated alkanes) is 30. The van der Waals surface area contributed by atoms with E-state index in [1.54, 1.807) is 0 Å². The van der Waals surface area contributed by atoms with Crippen LogP contribution in [0.2, 0.25) is 12.1 Å². The SMILES string of the molecule is CCCCCCCCCCCCCCCCCC[SiH](CN)CCCCCCCCCCCCCCCCCC.Cl. The molecule has 0 heterocycles. The zero-order valence-corrected chi connectivity index (χ0v) is 30.3. The molecular weight excluding hydrogens is 522 g/mol. The predicted octanol–water partition coefficient (Wildman–Crippen LogP) is 13.7. The van der Waals surface area contributed by atoms with Crippen molar-refractivity contribution in [1.29, 1.82) is 0 Å². The van der Waals surface area contributed by atoms with Crippen LogP contribution in [0.15, 0.2) is 0 Å². The first-order chi connectivity index (χ1) is 19.3. The van der Waals surface area contributed by atoms with Gasteiger partial charge in [0.25, 0.3) is 0 Å². The van der Waals surface area contributed by atoms with Crippen molar-refractivity contribution in [1.82, 2.24) is 0 Å². The third-order valence-electron chi connectivity index (χ3n) is 9.27. The van der Waals surface area contributed by atoms with Crippen molar-refractivity contribution in [3.05, 3.63) is 0 Å². The Morgan fingerprint density at radius 2 is 0.475 bits per heavy atom. The van der Waals surface area contributed by atoms with Crippen LogP contribution in [-0.4, -0.2) is 15.0 Å². The van der Waals surface area contributed by atoms with E-state index in [0.29, 0.717) is 0 Å². The quantitative estimate of drug-likeness (QED) is 0.0567. The second-order valence-corrected chi connectivity index (χ2v) is 16.6. The van der Waals surface area contributed by atoms with Gasteiger partial charge in [-0.15, -0.1) is 12.4 Å². The molecule has 0 aromatic carbocycles. The molecule has 0 spiro atoms. The van der Waals surface area contributed by atoms with Gasteiger partial charge in [0.1, 0.15) is 0 Å². The Bertz CT molecular complexity index is 383. The van der Waals surface area contributed by atoms with Crippen molar-refractivity contribution >= 4 is 21.2 Å². The van der Waals surface area contributed by atoms with E-state index >= 15 is 0 Å². The molecule has 0 radical (unpaired) electrons. The number of rotatable bonds is 35. The summed E-state index contributed by atoms with van der Waals surface area (Å²) in [6, 6.07) is 3.04. The second-order valence-electron chi connectivity index (χ2n) is 13.3. The lowest BCUT2D eigenvalue weighted by Crippen LogP contribution is -2.24. The van der Waals surface area contributed by atoms with Crippen LogP contribution >= 0.6 is 12.4 Å². The summed E-state index contributed by atoms with van der Waals surface area (Å²) >= 11 is 0. The summed E-state index contributed by atoms with van der Waals surface area (Å²) in [5, 5.41) is 0. The first-order valence-electron chi connectivity index (χ1n) is 19.0. The van der Waals surface area contributed by atoms with Gasteiger partial charge in [-0.25, -0.2) is 0 Å². The summed E-state index contributed by atoms with van der Waals surface area (Å²) in [7, 11) is -0.621. The predicted molar refractivity (Wildman–Crippen MR) is 192 cm³/mol. The van der Waals surface area contributed by atoms with E-state index in [1.165, 1.54) is 218 Å². The van der Waals surface area contributed by atoms with Gasteiger partial charge >= 0.3 is 0 Å². The van der Waals surface area contributed by atoms with Gasteiger partial charge in [-0.05, 0) is 6.17 Å². The molecule has 0 aliphatic rings. The number of halogens is 1. The van der Waals surface area contributed by atoms with Crippen LogP contribution in [0.5, 0.6) is 0 Å². The minimum Gasteiger partial charge on any atom is -0.333 e. The highest BCUT2D eigenvalue weighted by molar-refractivity contribution is 6.58. The second kappa shape index (κ2) is 39.5. The molecule has 0 saturated carbocycles. The molecule has 0 aliphatic carbocycles. The van der Waals surface area contributed by atoms with Crippen LogP contribution in [-0.2, 0) is 0 Å². The minimum absolute atomic E-state index is 0. The molecule has 0 aromatic rings. The van der Waals surface area contributed by atoms with E-state index in [1.807, 2.05) is 0 Å². The van der Waals surface area contributed by atoms with Crippen molar-refractivity contribution in [3.8, 4) is 0 Å². The molecule has 0 bridgehead atoms. The van der Waals surface area contributed by atoms with E-state index in [2.05, 4.69) is 13.8 Å². The summed E-state index contributed by atoms with van der Waals surface area (Å²) in [4.78, 5) is 0. The Kier molecular flexibility index (Phi) is 42.0. The Hall–Kier alpha value is 0.467. The average molecular weight is 603 g/mol. The van der Waals surface area contributed by atoms with Gasteiger partial charge in [0, 0.05) is 0 Å². The maximum absolute atomic E-state index is 6.17. The van der Waals surface area contributed by atoms with E-state index in [9.17, 15) is 0 Å². The lowest BCUT2D eigenvalue weighted by atomic mass is 10.0. The van der Waals surface area contributed by atoms with Gasteiger partial charge < -0.3 is 5.73 Å². The van der Waals surface area contributed by atoms with Crippen LogP contribution in [0.1, 0.15) is 219 Å². The van der Waals surface area contributed by atoms with Gasteiger partial charge in [0.2, 0.25) is 0 Å². The molecule has 0 amide bonds. The highest BCUT2D eigenvalue weighted by Crippen LogP contribution is 2.17. The lowest BCUT2D eigenvalue weighted by molar-refractivity contribution is 0.530. The smallest absolute Gasteiger partial charge is 0.0523 e. The fourth-order valence-corrected chi connectivity index (χ4v) is 8.83. The van der Waals surface area contributed by atoms with Gasteiger partial charge in [0.15, 0.2) is 0 Å². The number of nitrogens with two attached hydrogens (primary N) is 1. The van der Waals surface area contributed by atoms with Crippen LogP contribution in [0.25, 0.3) is 0 Å². The van der Waals surface area contributed by atoms with Crippen LogP contribution in [0, 0.1) is 0 Å². The fourth-order valence-electron chi connectivity index (χ4n) is 6.34. The van der Waals surface area contributed by atoms with Crippen molar-refractivity contribution < 1.29 is 0 Å². The third kappa shape index (κ3) is 36.5. The highest BCUT2D eigenvalue weighted by atomic mass is 35.5. The van der Waals surface area contributed by atoms with E-state index < -0.39 is 8.80 Å². The average Bonchev–Trinajstić information content (AvgIpc) is 2.95. The Morgan fingerprint density at radius 3 is 0.650 bits per heavy atom. The fraction of sp³-hybridized carbons (Fsp3) is 1.00. The Balaban J connectivity index is 0. The van der Waals surface area contributed by atoms with Crippen LogP contribution < -0.4 is 5.73 Å². The molecule has 1 nitrogen and oxygen atoms in total. The lowest BCUT2D eigenvalue weighted by Gasteiger charge is -2.13. The zero-order chi connectivity index (χ0) is 28.3. The maximum atomic E-state index is 6.17. The molecule has 0 aromatic heterocycles. The summed E-state index contributed by atoms with van der Waals surface area (Å²) in [5.41, 5.74) is 6.17. The molecule has 3 heteroatoms. The third-order valence-corrected chi connectivity index (χ3v) is 12.4. The number of hydrogen-bond donors (Lipinski definition) is 1. The molecule has 244 valence electrons. The molecule has 0 saturated heterocycles. The summed E-state index contributed by atoms with van der Waals surface area (Å²) < 4.78 is 0. The van der Waals surface area contributed by atoms with Crippen LogP contribution in [0.4, 0.5) is 0 Å². The van der Waals surface area contributed by atoms with Crippen molar-refractivity contribution in [2.45, 2.75) is 231 Å². The van der Waals surface area contributed by atoms with E-state index in [4.69, 9.17) is 5.73 Å². The molecule has 40 heavy (non-hydrogen) atoms. The molecule has 0 atom stereocenters. The number of hydrogen-bond acceptors (Lipinski definition) is 1. The molecule has 2 N–H and O–H groups in total. The maximum Gasteiger partial charge on any atom is 0.0523 e. The zero-order valence-electron chi connectivity index (χ0n) is 28.3. The molecule has 0 fully saturated rings. The Morgan fingerprint density at radius 1 is 0.300 bits per heavy atom. The first-order valence-corrected chi connectivity index (χ1v) is 21.5. The van der Waals surface area contributed by atoms with Crippen LogP contribution in [0.3, 0.4) is 0 Å². The van der Waals surface area contributed by atoms with Gasteiger partial charge in [-0.1, -0.05) is 231 Å². The van der Waals surface area contributed by atoms with E-state index in [0.717, 1.165) is 6.17 Å². The first kappa shape index (κ1) is 42.6. The highest BCUT2D eigenvalue weighted by Gasteiger charge is 2.08. The summed E-state index contributed by atoms with van der Waals surface area (Å²) in [5.74, 6) is 0. The van der Waals surface area contributed by atoms with Crippen molar-refractivity contribution in [2.75, 3.05) is 6.17 Å². The van der Waals surface area contributed by atoms with Crippen molar-refractivity contribution in [3.63, 3.8) is 0 Å². The van der Waals surface area contributed by atoms with Gasteiger partial charge in [-0.3, -0.25) is 0 Å². The topological polar surface area (TPSA) is 26.0 Å². The van der Waals surface area contributed by atoms with Crippen molar-refractivity contribution in [2.24, 2.45) is 5.73 Å². The largest absolute Gasteiger partial charge is 0.333 e. The van der Waals surface area contributed by atoms with Gasteiger partial charge in [0.05, 0.1) is 8.80 Å². The standard InChI is InChI=1S/C37H79NSi.ClH/c1-3-5-7-9-11-13-15-17-19-21-23-25-27-29-31-33-35-39(37-38)36-34-32-30-28-26-24-22-20-18-16-14-12-10-8-6-4-2;/h39H,3-38H2,1-2H3;1H. The normalized spacial score (nSPS) is 11.4. The minimum atomic E-state index is -0.621. The molecule has 0 unspecified atom stereocenters. The molecular formula is C37H80ClNSi. The summed E-state index contributed by atoms with van der Waals surface area (Å²) in [6.07, 6.45) is 48.1.